The minimum absolute atomic E-state index is 0.467. The molecule has 1 heterocycles. The topological polar surface area (TPSA) is 21.7 Å². The first-order chi connectivity index (χ1) is 11.2. The SMILES string of the molecule is CC(C)c1cc2ccccc2cc1OCCCN1CCOCC1. The van der Waals surface area contributed by atoms with Crippen molar-refractivity contribution >= 4 is 10.8 Å². The average molecular weight is 313 g/mol. The van der Waals surface area contributed by atoms with E-state index in [0.717, 1.165) is 51.6 Å². The Kier molecular flexibility index (Phi) is 5.52. The lowest BCUT2D eigenvalue weighted by molar-refractivity contribution is 0.0358. The molecule has 23 heavy (non-hydrogen) atoms. The van der Waals surface area contributed by atoms with Crippen LogP contribution in [-0.2, 0) is 4.74 Å². The van der Waals surface area contributed by atoms with Crippen LogP contribution in [0.5, 0.6) is 5.75 Å². The number of fused-ring (bicyclic) bond motifs is 1. The van der Waals surface area contributed by atoms with Crippen LogP contribution >= 0.6 is 0 Å². The van der Waals surface area contributed by atoms with Gasteiger partial charge in [-0.1, -0.05) is 38.1 Å². The monoisotopic (exact) mass is 313 g/mol. The quantitative estimate of drug-likeness (QED) is 0.751. The van der Waals surface area contributed by atoms with E-state index >= 15 is 0 Å². The molecular formula is C20H27NO2. The van der Waals surface area contributed by atoms with E-state index in [-0.39, 0.29) is 0 Å². The summed E-state index contributed by atoms with van der Waals surface area (Å²) in [4.78, 5) is 2.45. The number of ether oxygens (including phenoxy) is 2. The lowest BCUT2D eigenvalue weighted by Crippen LogP contribution is -2.37. The number of rotatable bonds is 6. The van der Waals surface area contributed by atoms with E-state index in [1.165, 1.54) is 16.3 Å². The van der Waals surface area contributed by atoms with Crippen molar-refractivity contribution in [2.24, 2.45) is 0 Å². The molecule has 3 nitrogen and oxygen atoms in total. The summed E-state index contributed by atoms with van der Waals surface area (Å²) < 4.78 is 11.5. The van der Waals surface area contributed by atoms with Crippen LogP contribution in [0, 0.1) is 0 Å². The van der Waals surface area contributed by atoms with Gasteiger partial charge in [-0.3, -0.25) is 4.90 Å². The maximum absolute atomic E-state index is 6.14. The smallest absolute Gasteiger partial charge is 0.123 e. The lowest BCUT2D eigenvalue weighted by Gasteiger charge is -2.26. The molecule has 0 N–H and O–H groups in total. The largest absolute Gasteiger partial charge is 0.493 e. The van der Waals surface area contributed by atoms with Crippen molar-refractivity contribution in [3.63, 3.8) is 0 Å². The normalized spacial score (nSPS) is 16.1. The Morgan fingerprint density at radius 3 is 2.48 bits per heavy atom. The summed E-state index contributed by atoms with van der Waals surface area (Å²) in [5.41, 5.74) is 1.30. The highest BCUT2D eigenvalue weighted by Crippen LogP contribution is 2.31. The van der Waals surface area contributed by atoms with Gasteiger partial charge in [0, 0.05) is 19.6 Å². The Bertz CT molecular complexity index is 633. The second kappa shape index (κ2) is 7.80. The highest BCUT2D eigenvalue weighted by Gasteiger charge is 2.12. The first kappa shape index (κ1) is 16.3. The minimum atomic E-state index is 0.467. The van der Waals surface area contributed by atoms with E-state index in [1.807, 2.05) is 0 Å². The zero-order chi connectivity index (χ0) is 16.1. The summed E-state index contributed by atoms with van der Waals surface area (Å²) in [6.07, 6.45) is 1.06. The van der Waals surface area contributed by atoms with Gasteiger partial charge in [0.05, 0.1) is 19.8 Å². The predicted octanol–water partition coefficient (Wildman–Crippen LogP) is 4.06. The Hall–Kier alpha value is -1.58. The Labute approximate surface area is 139 Å². The molecular weight excluding hydrogens is 286 g/mol. The van der Waals surface area contributed by atoms with Crippen LogP contribution in [0.3, 0.4) is 0 Å². The standard InChI is InChI=1S/C20H27NO2/c1-16(2)19-14-17-6-3-4-7-18(17)15-20(19)23-11-5-8-21-9-12-22-13-10-21/h3-4,6-7,14-16H,5,8-13H2,1-2H3. The lowest BCUT2D eigenvalue weighted by atomic mass is 9.98. The first-order valence-electron chi connectivity index (χ1n) is 8.69. The fourth-order valence-electron chi connectivity index (χ4n) is 3.11. The zero-order valence-electron chi connectivity index (χ0n) is 14.3. The van der Waals surface area contributed by atoms with Crippen molar-refractivity contribution in [1.82, 2.24) is 4.90 Å². The molecule has 0 atom stereocenters. The van der Waals surface area contributed by atoms with Crippen LogP contribution in [0.25, 0.3) is 10.8 Å². The van der Waals surface area contributed by atoms with Gasteiger partial charge in [0.2, 0.25) is 0 Å². The van der Waals surface area contributed by atoms with Gasteiger partial charge in [0.15, 0.2) is 0 Å². The highest BCUT2D eigenvalue weighted by atomic mass is 16.5. The molecule has 1 aliphatic heterocycles. The van der Waals surface area contributed by atoms with E-state index in [2.05, 4.69) is 55.1 Å². The van der Waals surface area contributed by atoms with Crippen LogP contribution in [-0.4, -0.2) is 44.4 Å². The maximum Gasteiger partial charge on any atom is 0.123 e. The second-order valence-corrected chi connectivity index (χ2v) is 6.55. The molecule has 0 aromatic heterocycles. The number of hydrogen-bond donors (Lipinski definition) is 0. The maximum atomic E-state index is 6.14. The summed E-state index contributed by atoms with van der Waals surface area (Å²) in [5, 5.41) is 2.54. The third-order valence-electron chi connectivity index (χ3n) is 4.48. The molecule has 124 valence electrons. The summed E-state index contributed by atoms with van der Waals surface area (Å²) in [6.45, 7) is 10.1. The molecule has 3 heteroatoms. The van der Waals surface area contributed by atoms with E-state index in [4.69, 9.17) is 9.47 Å². The number of benzene rings is 2. The molecule has 0 unspecified atom stereocenters. The highest BCUT2D eigenvalue weighted by molar-refractivity contribution is 5.85. The summed E-state index contributed by atoms with van der Waals surface area (Å²) >= 11 is 0. The van der Waals surface area contributed by atoms with Crippen LogP contribution in [0.2, 0.25) is 0 Å². The van der Waals surface area contributed by atoms with Crippen LogP contribution in [0.4, 0.5) is 0 Å². The van der Waals surface area contributed by atoms with E-state index in [9.17, 15) is 0 Å². The van der Waals surface area contributed by atoms with Crippen molar-refractivity contribution in [3.05, 3.63) is 42.0 Å². The van der Waals surface area contributed by atoms with Crippen molar-refractivity contribution < 1.29 is 9.47 Å². The molecule has 0 amide bonds. The van der Waals surface area contributed by atoms with Gasteiger partial charge in [-0.2, -0.15) is 0 Å². The van der Waals surface area contributed by atoms with Gasteiger partial charge < -0.3 is 9.47 Å². The van der Waals surface area contributed by atoms with Crippen molar-refractivity contribution in [1.29, 1.82) is 0 Å². The summed E-state index contributed by atoms with van der Waals surface area (Å²) in [5.74, 6) is 1.51. The fourth-order valence-corrected chi connectivity index (χ4v) is 3.11. The van der Waals surface area contributed by atoms with Crippen molar-refractivity contribution in [2.45, 2.75) is 26.2 Å². The van der Waals surface area contributed by atoms with Crippen molar-refractivity contribution in [3.8, 4) is 5.75 Å². The van der Waals surface area contributed by atoms with Gasteiger partial charge >= 0.3 is 0 Å². The zero-order valence-corrected chi connectivity index (χ0v) is 14.3. The Balaban J connectivity index is 1.62. The molecule has 0 saturated carbocycles. The molecule has 0 spiro atoms. The molecule has 0 bridgehead atoms. The third-order valence-corrected chi connectivity index (χ3v) is 4.48. The summed E-state index contributed by atoms with van der Waals surface area (Å²) in [6, 6.07) is 13.0. The van der Waals surface area contributed by atoms with Gasteiger partial charge in [0.1, 0.15) is 5.75 Å². The third kappa shape index (κ3) is 4.24. The van der Waals surface area contributed by atoms with Crippen molar-refractivity contribution in [2.75, 3.05) is 39.5 Å². The number of morpholine rings is 1. The predicted molar refractivity (Wildman–Crippen MR) is 95.4 cm³/mol. The molecule has 2 aromatic carbocycles. The van der Waals surface area contributed by atoms with Gasteiger partial charge in [-0.05, 0) is 40.8 Å². The molecule has 0 radical (unpaired) electrons. The second-order valence-electron chi connectivity index (χ2n) is 6.55. The molecule has 1 aliphatic rings. The van der Waals surface area contributed by atoms with Crippen LogP contribution in [0.1, 0.15) is 31.7 Å². The molecule has 2 aromatic rings. The van der Waals surface area contributed by atoms with Gasteiger partial charge in [-0.15, -0.1) is 0 Å². The number of hydrogen-bond acceptors (Lipinski definition) is 3. The Morgan fingerprint density at radius 2 is 1.78 bits per heavy atom. The number of nitrogens with zero attached hydrogens (tertiary/aromatic N) is 1. The van der Waals surface area contributed by atoms with Gasteiger partial charge in [0.25, 0.3) is 0 Å². The molecule has 0 aliphatic carbocycles. The van der Waals surface area contributed by atoms with Crippen LogP contribution < -0.4 is 4.74 Å². The van der Waals surface area contributed by atoms with Crippen LogP contribution in [0.15, 0.2) is 36.4 Å². The fraction of sp³-hybridized carbons (Fsp3) is 0.500. The van der Waals surface area contributed by atoms with Gasteiger partial charge in [-0.25, -0.2) is 0 Å². The van der Waals surface area contributed by atoms with E-state index in [1.54, 1.807) is 0 Å². The molecule has 1 saturated heterocycles. The molecule has 3 rings (SSSR count). The van der Waals surface area contributed by atoms with E-state index < -0.39 is 0 Å². The molecule has 1 fully saturated rings. The first-order valence-corrected chi connectivity index (χ1v) is 8.69. The summed E-state index contributed by atoms with van der Waals surface area (Å²) in [7, 11) is 0. The van der Waals surface area contributed by atoms with E-state index in [0.29, 0.717) is 5.92 Å². The average Bonchev–Trinajstić information content (AvgIpc) is 2.59. The Morgan fingerprint density at radius 1 is 1.09 bits per heavy atom. The minimum Gasteiger partial charge on any atom is -0.493 e.